The van der Waals surface area contributed by atoms with Crippen LogP contribution in [0.3, 0.4) is 0 Å². The largest absolute Gasteiger partial charge is 0.482 e. The minimum absolute atomic E-state index is 0.241. The highest BCUT2D eigenvalue weighted by Crippen LogP contribution is 2.34. The molecule has 0 spiro atoms. The van der Waals surface area contributed by atoms with E-state index in [1.165, 1.54) is 0 Å². The molecule has 0 aliphatic rings. The average molecular weight is 274 g/mol. The maximum Gasteiger partial charge on any atom is 0.341 e. The number of hydrogen-bond donors (Lipinski definition) is 2. The first-order valence-electron chi connectivity index (χ1n) is 6.47. The lowest BCUT2D eigenvalue weighted by Crippen LogP contribution is -2.11. The second-order valence-corrected chi connectivity index (χ2v) is 5.03. The van der Waals surface area contributed by atoms with Crippen LogP contribution in [0.1, 0.15) is 30.9 Å². The molecule has 0 saturated carbocycles. The van der Waals surface area contributed by atoms with Crippen LogP contribution in [-0.2, 0) is 4.79 Å². The molecule has 2 aromatic rings. The molecule has 1 heterocycles. The molecule has 20 heavy (non-hydrogen) atoms. The predicted octanol–water partition coefficient (Wildman–Crippen LogP) is 2.97. The number of carbonyl (C=O) groups is 1. The van der Waals surface area contributed by atoms with E-state index in [1.54, 1.807) is 6.20 Å². The van der Waals surface area contributed by atoms with Crippen LogP contribution in [0, 0.1) is 6.92 Å². The number of aliphatic carboxylic acids is 1. The smallest absolute Gasteiger partial charge is 0.341 e. The zero-order valence-corrected chi connectivity index (χ0v) is 11.8. The van der Waals surface area contributed by atoms with E-state index in [4.69, 9.17) is 9.84 Å². The molecule has 5 nitrogen and oxygen atoms in total. The van der Waals surface area contributed by atoms with Crippen molar-refractivity contribution in [2.75, 3.05) is 6.61 Å². The average Bonchev–Trinajstić information content (AvgIpc) is 2.89. The van der Waals surface area contributed by atoms with Crippen molar-refractivity contribution in [2.45, 2.75) is 26.7 Å². The van der Waals surface area contributed by atoms with Gasteiger partial charge in [-0.1, -0.05) is 13.8 Å². The third kappa shape index (κ3) is 2.99. The fourth-order valence-electron chi connectivity index (χ4n) is 2.12. The number of hydrogen-bond acceptors (Lipinski definition) is 3. The lowest BCUT2D eigenvalue weighted by molar-refractivity contribution is -0.139. The van der Waals surface area contributed by atoms with Crippen molar-refractivity contribution in [1.29, 1.82) is 0 Å². The van der Waals surface area contributed by atoms with Crippen molar-refractivity contribution < 1.29 is 14.6 Å². The summed E-state index contributed by atoms with van der Waals surface area (Å²) in [6, 6.07) is 3.93. The standard InChI is InChI=1S/C15H18N2O3/c1-9(2)12-5-13(11-6-16-17-7-11)10(3)4-14(12)20-8-15(18)19/h4-7,9H,8H2,1-3H3,(H,16,17)(H,18,19). The number of nitrogens with one attached hydrogen (secondary N) is 1. The van der Waals surface area contributed by atoms with Gasteiger partial charge in [-0.15, -0.1) is 0 Å². The number of aryl methyl sites for hydroxylation is 1. The van der Waals surface area contributed by atoms with E-state index in [-0.39, 0.29) is 12.5 Å². The summed E-state index contributed by atoms with van der Waals surface area (Å²) < 4.78 is 5.39. The SMILES string of the molecule is Cc1cc(OCC(=O)O)c(C(C)C)cc1-c1cn[nH]c1. The molecule has 0 fully saturated rings. The molecule has 5 heteroatoms. The molecule has 1 aromatic heterocycles. The van der Waals surface area contributed by atoms with Gasteiger partial charge in [0.1, 0.15) is 5.75 Å². The van der Waals surface area contributed by atoms with Crippen molar-refractivity contribution in [2.24, 2.45) is 0 Å². The van der Waals surface area contributed by atoms with Crippen LogP contribution >= 0.6 is 0 Å². The topological polar surface area (TPSA) is 75.2 Å². The fraction of sp³-hybridized carbons (Fsp3) is 0.333. The van der Waals surface area contributed by atoms with Gasteiger partial charge in [-0.3, -0.25) is 5.10 Å². The molecule has 106 valence electrons. The van der Waals surface area contributed by atoms with Gasteiger partial charge >= 0.3 is 5.97 Å². The summed E-state index contributed by atoms with van der Waals surface area (Å²) in [5.74, 6) is -0.103. The molecule has 1 aromatic carbocycles. The third-order valence-electron chi connectivity index (χ3n) is 3.14. The van der Waals surface area contributed by atoms with E-state index in [0.29, 0.717) is 5.75 Å². The van der Waals surface area contributed by atoms with E-state index < -0.39 is 5.97 Å². The summed E-state index contributed by atoms with van der Waals surface area (Å²) in [7, 11) is 0. The van der Waals surface area contributed by atoms with Crippen molar-refractivity contribution in [3.05, 3.63) is 35.7 Å². The van der Waals surface area contributed by atoms with Gasteiger partial charge in [0.15, 0.2) is 6.61 Å². The first-order chi connectivity index (χ1) is 9.49. The van der Waals surface area contributed by atoms with Crippen molar-refractivity contribution in [3.8, 4) is 16.9 Å². The highest BCUT2D eigenvalue weighted by molar-refractivity contribution is 5.70. The maximum absolute atomic E-state index is 10.7. The minimum Gasteiger partial charge on any atom is -0.482 e. The van der Waals surface area contributed by atoms with Gasteiger partial charge in [0.25, 0.3) is 0 Å². The number of rotatable bonds is 5. The van der Waals surface area contributed by atoms with E-state index in [2.05, 4.69) is 24.0 Å². The Morgan fingerprint density at radius 1 is 1.45 bits per heavy atom. The normalized spacial score (nSPS) is 10.8. The third-order valence-corrected chi connectivity index (χ3v) is 3.14. The second-order valence-electron chi connectivity index (χ2n) is 5.03. The highest BCUT2D eigenvalue weighted by Gasteiger charge is 2.14. The minimum atomic E-state index is -0.976. The molecule has 0 bridgehead atoms. The number of carboxylic acids is 1. The van der Waals surface area contributed by atoms with Crippen molar-refractivity contribution in [3.63, 3.8) is 0 Å². The summed E-state index contributed by atoms with van der Waals surface area (Å²) in [5.41, 5.74) is 4.10. The Morgan fingerprint density at radius 2 is 2.20 bits per heavy atom. The molecule has 0 aliphatic heterocycles. The Kier molecular flexibility index (Phi) is 4.08. The van der Waals surface area contributed by atoms with Crippen LogP contribution in [0.4, 0.5) is 0 Å². The Morgan fingerprint density at radius 3 is 2.75 bits per heavy atom. The molecule has 0 atom stereocenters. The summed E-state index contributed by atoms with van der Waals surface area (Å²) >= 11 is 0. The Hall–Kier alpha value is -2.30. The van der Waals surface area contributed by atoms with Gasteiger partial charge < -0.3 is 9.84 Å². The Labute approximate surface area is 117 Å². The monoisotopic (exact) mass is 274 g/mol. The van der Waals surface area contributed by atoms with Gasteiger partial charge in [-0.05, 0) is 41.7 Å². The number of carboxylic acid groups (broad SMARTS) is 1. The van der Waals surface area contributed by atoms with E-state index in [9.17, 15) is 4.79 Å². The molecule has 0 saturated heterocycles. The van der Waals surface area contributed by atoms with E-state index >= 15 is 0 Å². The van der Waals surface area contributed by atoms with Gasteiger partial charge in [0.05, 0.1) is 6.20 Å². The lowest BCUT2D eigenvalue weighted by atomic mass is 9.94. The van der Waals surface area contributed by atoms with Gasteiger partial charge in [0, 0.05) is 11.8 Å². The van der Waals surface area contributed by atoms with Crippen molar-refractivity contribution >= 4 is 5.97 Å². The quantitative estimate of drug-likeness (QED) is 0.879. The fourth-order valence-corrected chi connectivity index (χ4v) is 2.12. The molecular weight excluding hydrogens is 256 g/mol. The molecule has 0 unspecified atom stereocenters. The molecule has 0 aliphatic carbocycles. The van der Waals surface area contributed by atoms with Gasteiger partial charge in [-0.25, -0.2) is 4.79 Å². The number of H-pyrrole nitrogens is 1. The van der Waals surface area contributed by atoms with Crippen LogP contribution < -0.4 is 4.74 Å². The number of ether oxygens (including phenoxy) is 1. The first-order valence-corrected chi connectivity index (χ1v) is 6.47. The predicted molar refractivity (Wildman–Crippen MR) is 76.0 cm³/mol. The van der Waals surface area contributed by atoms with Gasteiger partial charge in [0.2, 0.25) is 0 Å². The lowest BCUT2D eigenvalue weighted by Gasteiger charge is -2.16. The molecule has 2 rings (SSSR count). The van der Waals surface area contributed by atoms with Crippen molar-refractivity contribution in [1.82, 2.24) is 10.2 Å². The van der Waals surface area contributed by atoms with Crippen LogP contribution in [0.15, 0.2) is 24.5 Å². The van der Waals surface area contributed by atoms with Gasteiger partial charge in [-0.2, -0.15) is 5.10 Å². The molecule has 2 N–H and O–H groups in total. The summed E-state index contributed by atoms with van der Waals surface area (Å²) in [6.07, 6.45) is 3.61. The first kappa shape index (κ1) is 14.1. The van der Waals surface area contributed by atoms with E-state index in [0.717, 1.165) is 22.3 Å². The zero-order valence-electron chi connectivity index (χ0n) is 11.8. The van der Waals surface area contributed by atoms with Crippen LogP contribution in [0.2, 0.25) is 0 Å². The van der Waals surface area contributed by atoms with Crippen LogP contribution in [0.25, 0.3) is 11.1 Å². The summed E-state index contributed by atoms with van der Waals surface area (Å²) in [6.45, 7) is 5.75. The van der Waals surface area contributed by atoms with Crippen LogP contribution in [-0.4, -0.2) is 27.9 Å². The number of aromatic amines is 1. The second kappa shape index (κ2) is 5.77. The number of benzene rings is 1. The Bertz CT molecular complexity index is 604. The molecule has 0 amide bonds. The molecule has 0 radical (unpaired) electrons. The number of aromatic nitrogens is 2. The number of nitrogens with zero attached hydrogens (tertiary/aromatic N) is 1. The zero-order chi connectivity index (χ0) is 14.7. The summed E-state index contributed by atoms with van der Waals surface area (Å²) in [5, 5.41) is 15.5. The Balaban J connectivity index is 2.44. The highest BCUT2D eigenvalue weighted by atomic mass is 16.5. The van der Waals surface area contributed by atoms with E-state index in [1.807, 2.05) is 25.3 Å². The molecular formula is C15H18N2O3. The maximum atomic E-state index is 10.7. The van der Waals surface area contributed by atoms with Crippen LogP contribution in [0.5, 0.6) is 5.75 Å². The summed E-state index contributed by atoms with van der Waals surface area (Å²) in [4.78, 5) is 10.7.